The second-order valence-electron chi connectivity index (χ2n) is 5.76. The van der Waals surface area contributed by atoms with Crippen LogP contribution in [0.15, 0.2) is 33.8 Å². The lowest BCUT2D eigenvalue weighted by Gasteiger charge is -2.08. The number of H-pyrrole nitrogens is 1. The van der Waals surface area contributed by atoms with Crippen LogP contribution in [0.4, 0.5) is 0 Å². The number of aryl methyl sites for hydroxylation is 1. The highest BCUT2D eigenvalue weighted by atomic mass is 79.9. The van der Waals surface area contributed by atoms with Crippen molar-refractivity contribution in [2.45, 2.75) is 19.4 Å². The summed E-state index contributed by atoms with van der Waals surface area (Å²) < 4.78 is 4.57. The number of aromatic nitrogens is 5. The highest BCUT2D eigenvalue weighted by Crippen LogP contribution is 2.14. The summed E-state index contributed by atoms with van der Waals surface area (Å²) in [5.74, 6) is 0.638. The Morgan fingerprint density at radius 3 is 2.96 bits per heavy atom. The molecule has 2 N–H and O–H groups in total. The van der Waals surface area contributed by atoms with Crippen LogP contribution in [0, 0.1) is 4.77 Å². The van der Waals surface area contributed by atoms with E-state index in [9.17, 15) is 9.59 Å². The van der Waals surface area contributed by atoms with Gasteiger partial charge in [-0.15, -0.1) is 0 Å². The molecule has 0 saturated carbocycles. The summed E-state index contributed by atoms with van der Waals surface area (Å²) in [6.07, 6.45) is 2.24. The lowest BCUT2D eigenvalue weighted by atomic mass is 10.2. The molecule has 136 valence electrons. The first-order valence-corrected chi connectivity index (χ1v) is 9.17. The third kappa shape index (κ3) is 4.07. The number of carbonyl (C=O) groups excluding carboxylic acids is 1. The molecule has 0 aliphatic carbocycles. The van der Waals surface area contributed by atoms with Crippen molar-refractivity contribution >= 4 is 45.0 Å². The quantitative estimate of drug-likeness (QED) is 0.573. The van der Waals surface area contributed by atoms with Crippen molar-refractivity contribution < 1.29 is 4.79 Å². The molecule has 0 aliphatic heterocycles. The van der Waals surface area contributed by atoms with Crippen LogP contribution in [0.5, 0.6) is 0 Å². The topological polar surface area (TPSA) is 97.6 Å². The maximum Gasteiger partial charge on any atom is 0.261 e. The van der Waals surface area contributed by atoms with Crippen LogP contribution < -0.4 is 10.9 Å². The van der Waals surface area contributed by atoms with Gasteiger partial charge in [0.25, 0.3) is 5.56 Å². The van der Waals surface area contributed by atoms with Gasteiger partial charge in [0.05, 0.1) is 17.2 Å². The van der Waals surface area contributed by atoms with Gasteiger partial charge in [0, 0.05) is 37.5 Å². The van der Waals surface area contributed by atoms with Gasteiger partial charge in [-0.3, -0.25) is 19.3 Å². The molecular weight excluding hydrogens is 420 g/mol. The van der Waals surface area contributed by atoms with E-state index in [1.807, 2.05) is 13.1 Å². The monoisotopic (exact) mass is 436 g/mol. The van der Waals surface area contributed by atoms with Gasteiger partial charge >= 0.3 is 0 Å². The molecule has 2 aromatic heterocycles. The second kappa shape index (κ2) is 7.92. The molecule has 0 spiro atoms. The Bertz CT molecular complexity index is 1070. The number of fused-ring (bicyclic) bond motifs is 1. The molecule has 0 radical (unpaired) electrons. The molecule has 1 aromatic carbocycles. The molecule has 0 saturated heterocycles. The van der Waals surface area contributed by atoms with E-state index in [0.29, 0.717) is 28.6 Å². The Hall–Kier alpha value is -2.33. The number of aromatic amines is 1. The first-order valence-electron chi connectivity index (χ1n) is 7.97. The minimum Gasteiger partial charge on any atom is -0.356 e. The predicted molar refractivity (Wildman–Crippen MR) is 103 cm³/mol. The molecule has 2 heterocycles. The minimum atomic E-state index is -0.161. The molecule has 0 fully saturated rings. The third-order valence-electron chi connectivity index (χ3n) is 4.01. The average Bonchev–Trinajstić information content (AvgIpc) is 2.94. The lowest BCUT2D eigenvalue weighted by molar-refractivity contribution is -0.121. The number of carbonyl (C=O) groups is 1. The number of amides is 1. The Morgan fingerprint density at radius 2 is 2.23 bits per heavy atom. The molecule has 0 atom stereocenters. The highest BCUT2D eigenvalue weighted by Gasteiger charge is 2.08. The number of hydrogen-bond donors (Lipinski definition) is 2. The van der Waals surface area contributed by atoms with Crippen LogP contribution in [-0.2, 0) is 24.8 Å². The van der Waals surface area contributed by atoms with E-state index in [0.717, 1.165) is 10.3 Å². The lowest BCUT2D eigenvalue weighted by Crippen LogP contribution is -2.29. The number of nitrogens with zero attached hydrogens (tertiary/aromatic N) is 4. The van der Waals surface area contributed by atoms with Crippen LogP contribution >= 0.6 is 28.1 Å². The summed E-state index contributed by atoms with van der Waals surface area (Å²) in [4.78, 5) is 28.8. The first-order chi connectivity index (χ1) is 12.5. The standard InChI is InChI=1S/C16H17BrN6O2S/c1-22-13(20-21-16(22)26)4-6-18-14(24)5-7-23-9-19-12-3-2-10(17)8-11(12)15(23)25/h2-3,8-9H,4-7H2,1H3,(H,18,24)(H,21,26). The van der Waals surface area contributed by atoms with Crippen molar-refractivity contribution in [3.8, 4) is 0 Å². The maximum absolute atomic E-state index is 12.5. The fourth-order valence-corrected chi connectivity index (χ4v) is 3.03. The summed E-state index contributed by atoms with van der Waals surface area (Å²) in [6, 6.07) is 5.35. The SMILES string of the molecule is Cn1c(CCNC(=O)CCn2cnc3ccc(Br)cc3c2=O)n[nH]c1=S. The van der Waals surface area contributed by atoms with Gasteiger partial charge in [-0.1, -0.05) is 15.9 Å². The number of nitrogens with one attached hydrogen (secondary N) is 2. The van der Waals surface area contributed by atoms with Crippen molar-refractivity contribution in [2.75, 3.05) is 6.54 Å². The zero-order valence-electron chi connectivity index (χ0n) is 14.0. The van der Waals surface area contributed by atoms with Gasteiger partial charge in [0.15, 0.2) is 4.77 Å². The van der Waals surface area contributed by atoms with E-state index in [4.69, 9.17) is 12.2 Å². The van der Waals surface area contributed by atoms with E-state index in [1.54, 1.807) is 16.7 Å². The minimum absolute atomic E-state index is 0.136. The zero-order chi connectivity index (χ0) is 18.7. The van der Waals surface area contributed by atoms with Crippen LogP contribution in [-0.4, -0.2) is 36.8 Å². The molecular formula is C16H17BrN6O2S. The molecule has 0 bridgehead atoms. The molecule has 10 heteroatoms. The van der Waals surface area contributed by atoms with Gasteiger partial charge < -0.3 is 9.88 Å². The van der Waals surface area contributed by atoms with Crippen LogP contribution in [0.25, 0.3) is 10.9 Å². The number of rotatable bonds is 6. The van der Waals surface area contributed by atoms with Crippen LogP contribution in [0.1, 0.15) is 12.2 Å². The van der Waals surface area contributed by atoms with Crippen molar-refractivity contribution in [1.29, 1.82) is 0 Å². The third-order valence-corrected chi connectivity index (χ3v) is 4.87. The van der Waals surface area contributed by atoms with E-state index >= 15 is 0 Å². The Balaban J connectivity index is 1.57. The van der Waals surface area contributed by atoms with Crippen molar-refractivity contribution in [3.05, 3.63) is 49.9 Å². The molecule has 0 aliphatic rings. The zero-order valence-corrected chi connectivity index (χ0v) is 16.4. The van der Waals surface area contributed by atoms with Crippen molar-refractivity contribution in [1.82, 2.24) is 29.6 Å². The van der Waals surface area contributed by atoms with Crippen molar-refractivity contribution in [3.63, 3.8) is 0 Å². The summed E-state index contributed by atoms with van der Waals surface area (Å²) in [6.45, 7) is 0.719. The summed E-state index contributed by atoms with van der Waals surface area (Å²) in [5.41, 5.74) is 0.470. The van der Waals surface area contributed by atoms with Gasteiger partial charge in [0.1, 0.15) is 5.82 Å². The van der Waals surface area contributed by atoms with E-state index in [-0.39, 0.29) is 24.4 Å². The molecule has 8 nitrogen and oxygen atoms in total. The van der Waals surface area contributed by atoms with Gasteiger partial charge in [-0.25, -0.2) is 4.98 Å². The molecule has 26 heavy (non-hydrogen) atoms. The molecule has 0 unspecified atom stereocenters. The van der Waals surface area contributed by atoms with Crippen LogP contribution in [0.3, 0.4) is 0 Å². The maximum atomic E-state index is 12.5. The number of benzene rings is 1. The second-order valence-corrected chi connectivity index (χ2v) is 7.06. The highest BCUT2D eigenvalue weighted by molar-refractivity contribution is 9.10. The van der Waals surface area contributed by atoms with E-state index in [1.165, 1.54) is 10.9 Å². The normalized spacial score (nSPS) is 11.0. The molecule has 3 aromatic rings. The number of halogens is 1. The van der Waals surface area contributed by atoms with E-state index in [2.05, 4.69) is 36.4 Å². The summed E-state index contributed by atoms with van der Waals surface area (Å²) in [7, 11) is 1.82. The predicted octanol–water partition coefficient (Wildman–Crippen LogP) is 1.70. The summed E-state index contributed by atoms with van der Waals surface area (Å²) in [5, 5.41) is 10.1. The Labute approximate surface area is 162 Å². The largest absolute Gasteiger partial charge is 0.356 e. The smallest absolute Gasteiger partial charge is 0.261 e. The fraction of sp³-hybridized carbons (Fsp3) is 0.312. The first kappa shape index (κ1) is 18.5. The van der Waals surface area contributed by atoms with Gasteiger partial charge in [0.2, 0.25) is 5.91 Å². The molecule has 3 rings (SSSR count). The van der Waals surface area contributed by atoms with Gasteiger partial charge in [-0.05, 0) is 30.4 Å². The van der Waals surface area contributed by atoms with Gasteiger partial charge in [-0.2, -0.15) is 5.10 Å². The number of hydrogen-bond acceptors (Lipinski definition) is 5. The average molecular weight is 437 g/mol. The van der Waals surface area contributed by atoms with Crippen molar-refractivity contribution in [2.24, 2.45) is 7.05 Å². The Morgan fingerprint density at radius 1 is 1.42 bits per heavy atom. The Kier molecular flexibility index (Phi) is 5.62. The van der Waals surface area contributed by atoms with Crippen LogP contribution in [0.2, 0.25) is 0 Å². The van der Waals surface area contributed by atoms with E-state index < -0.39 is 0 Å². The fourth-order valence-electron chi connectivity index (χ4n) is 2.52. The molecule has 1 amide bonds. The summed E-state index contributed by atoms with van der Waals surface area (Å²) >= 11 is 8.39.